The first kappa shape index (κ1) is 13.4. The highest BCUT2D eigenvalue weighted by molar-refractivity contribution is 5.99. The molecule has 0 bridgehead atoms. The number of amides is 1. The molecule has 2 heterocycles. The zero-order valence-corrected chi connectivity index (χ0v) is 13.2. The molecule has 1 saturated carbocycles. The van der Waals surface area contributed by atoms with Crippen LogP contribution in [0.1, 0.15) is 74.5 Å². The summed E-state index contributed by atoms with van der Waals surface area (Å²) in [5.74, 6) is 0.959. The van der Waals surface area contributed by atoms with E-state index in [4.69, 9.17) is 0 Å². The Balaban J connectivity index is 1.92. The predicted octanol–water partition coefficient (Wildman–Crippen LogP) is 4.48. The van der Waals surface area contributed by atoms with Gasteiger partial charge in [0.1, 0.15) is 0 Å². The van der Waals surface area contributed by atoms with Crippen molar-refractivity contribution in [1.29, 1.82) is 0 Å². The lowest BCUT2D eigenvalue weighted by Crippen LogP contribution is -2.58. The van der Waals surface area contributed by atoms with Crippen molar-refractivity contribution in [1.82, 2.24) is 0 Å². The van der Waals surface area contributed by atoms with E-state index in [2.05, 4.69) is 30.9 Å². The standard InChI is InChI=1S/C19H25NO/c1-13-10-15-6-7-17(21)20-18(15)16(11-13)14(2)12-19(20)8-4-3-5-9-19/h10-11,14H,3-9,12H2,1-2H3. The fourth-order valence-electron chi connectivity index (χ4n) is 5.11. The second-order valence-electron chi connectivity index (χ2n) is 7.48. The summed E-state index contributed by atoms with van der Waals surface area (Å²) in [5.41, 5.74) is 5.63. The van der Waals surface area contributed by atoms with Crippen LogP contribution in [0.25, 0.3) is 0 Å². The lowest BCUT2D eigenvalue weighted by molar-refractivity contribution is -0.120. The molecule has 1 aromatic carbocycles. The number of anilines is 1. The number of aryl methyl sites for hydroxylation is 2. The lowest BCUT2D eigenvalue weighted by atomic mass is 9.68. The molecule has 2 aliphatic heterocycles. The Morgan fingerprint density at radius 3 is 2.67 bits per heavy atom. The Morgan fingerprint density at radius 2 is 1.90 bits per heavy atom. The van der Waals surface area contributed by atoms with Crippen molar-refractivity contribution in [2.45, 2.75) is 76.7 Å². The van der Waals surface area contributed by atoms with Crippen LogP contribution in [-0.4, -0.2) is 11.4 Å². The summed E-state index contributed by atoms with van der Waals surface area (Å²) >= 11 is 0. The highest BCUT2D eigenvalue weighted by Crippen LogP contribution is 2.52. The summed E-state index contributed by atoms with van der Waals surface area (Å²) in [4.78, 5) is 15.0. The highest BCUT2D eigenvalue weighted by Gasteiger charge is 2.48. The van der Waals surface area contributed by atoms with Crippen molar-refractivity contribution in [3.05, 3.63) is 28.8 Å². The monoisotopic (exact) mass is 283 g/mol. The fourth-order valence-corrected chi connectivity index (χ4v) is 5.11. The number of carbonyl (C=O) groups is 1. The summed E-state index contributed by atoms with van der Waals surface area (Å²) < 4.78 is 0. The molecular weight excluding hydrogens is 258 g/mol. The largest absolute Gasteiger partial charge is 0.306 e. The average Bonchev–Trinajstić information content (AvgIpc) is 2.46. The van der Waals surface area contributed by atoms with Crippen LogP contribution < -0.4 is 4.90 Å². The van der Waals surface area contributed by atoms with E-state index in [1.165, 1.54) is 54.5 Å². The van der Waals surface area contributed by atoms with Crippen molar-refractivity contribution in [3.8, 4) is 0 Å². The van der Waals surface area contributed by atoms with E-state index in [1.807, 2.05) is 0 Å². The van der Waals surface area contributed by atoms with E-state index in [0.717, 1.165) is 12.8 Å². The Labute approximate surface area is 127 Å². The average molecular weight is 283 g/mol. The molecule has 2 nitrogen and oxygen atoms in total. The van der Waals surface area contributed by atoms with E-state index in [0.29, 0.717) is 18.2 Å². The third kappa shape index (κ3) is 1.88. The number of rotatable bonds is 0. The number of nitrogens with zero attached hydrogens (tertiary/aromatic N) is 1. The topological polar surface area (TPSA) is 20.3 Å². The summed E-state index contributed by atoms with van der Waals surface area (Å²) in [6.07, 6.45) is 9.11. The molecule has 1 fully saturated rings. The Hall–Kier alpha value is -1.31. The van der Waals surface area contributed by atoms with Gasteiger partial charge in [0.2, 0.25) is 5.91 Å². The van der Waals surface area contributed by atoms with Crippen molar-refractivity contribution in [2.24, 2.45) is 0 Å². The molecule has 0 saturated heterocycles. The Bertz CT molecular complexity index is 598. The Kier molecular flexibility index (Phi) is 2.92. The van der Waals surface area contributed by atoms with E-state index in [1.54, 1.807) is 0 Å². The summed E-state index contributed by atoms with van der Waals surface area (Å²) in [7, 11) is 0. The minimum Gasteiger partial charge on any atom is -0.306 e. The zero-order chi connectivity index (χ0) is 14.6. The molecule has 1 unspecified atom stereocenters. The molecule has 3 aliphatic rings. The van der Waals surface area contributed by atoms with Crippen LogP contribution in [0.15, 0.2) is 12.1 Å². The van der Waals surface area contributed by atoms with Crippen LogP contribution in [0, 0.1) is 6.92 Å². The summed E-state index contributed by atoms with van der Waals surface area (Å²) in [6, 6.07) is 4.64. The van der Waals surface area contributed by atoms with Gasteiger partial charge < -0.3 is 4.90 Å². The van der Waals surface area contributed by atoms with Gasteiger partial charge in [0, 0.05) is 12.0 Å². The maximum Gasteiger partial charge on any atom is 0.227 e. The van der Waals surface area contributed by atoms with Crippen LogP contribution in [0.4, 0.5) is 5.69 Å². The zero-order valence-electron chi connectivity index (χ0n) is 13.2. The third-order valence-corrected chi connectivity index (χ3v) is 5.92. The van der Waals surface area contributed by atoms with Gasteiger partial charge in [0.15, 0.2) is 0 Å². The van der Waals surface area contributed by atoms with E-state index in [9.17, 15) is 4.79 Å². The molecule has 1 aromatic rings. The molecule has 21 heavy (non-hydrogen) atoms. The van der Waals surface area contributed by atoms with Gasteiger partial charge in [-0.05, 0) is 49.7 Å². The van der Waals surface area contributed by atoms with E-state index >= 15 is 0 Å². The molecule has 0 N–H and O–H groups in total. The molecular formula is C19H25NO. The minimum atomic E-state index is 0.131. The van der Waals surface area contributed by atoms with Gasteiger partial charge in [-0.25, -0.2) is 0 Å². The molecule has 0 aromatic heterocycles. The first-order chi connectivity index (χ1) is 10.1. The molecule has 1 spiro atoms. The lowest BCUT2D eigenvalue weighted by Gasteiger charge is -2.54. The predicted molar refractivity (Wildman–Crippen MR) is 85.8 cm³/mol. The van der Waals surface area contributed by atoms with Crippen molar-refractivity contribution >= 4 is 11.6 Å². The summed E-state index contributed by atoms with van der Waals surface area (Å²) in [6.45, 7) is 4.55. The molecule has 4 rings (SSSR count). The van der Waals surface area contributed by atoms with Gasteiger partial charge in [0.05, 0.1) is 5.69 Å². The number of benzene rings is 1. The molecule has 1 amide bonds. The van der Waals surface area contributed by atoms with Gasteiger partial charge >= 0.3 is 0 Å². The van der Waals surface area contributed by atoms with Crippen LogP contribution in [0.5, 0.6) is 0 Å². The van der Waals surface area contributed by atoms with E-state index < -0.39 is 0 Å². The van der Waals surface area contributed by atoms with Crippen LogP contribution in [-0.2, 0) is 11.2 Å². The second-order valence-corrected chi connectivity index (χ2v) is 7.48. The molecule has 112 valence electrons. The maximum absolute atomic E-state index is 12.8. The highest BCUT2D eigenvalue weighted by atomic mass is 16.2. The van der Waals surface area contributed by atoms with Crippen LogP contribution in [0.3, 0.4) is 0 Å². The first-order valence-corrected chi connectivity index (χ1v) is 8.57. The number of hydrogen-bond donors (Lipinski definition) is 0. The van der Waals surface area contributed by atoms with E-state index in [-0.39, 0.29) is 5.54 Å². The van der Waals surface area contributed by atoms with Crippen LogP contribution in [0.2, 0.25) is 0 Å². The molecule has 1 aliphatic carbocycles. The minimum absolute atomic E-state index is 0.131. The van der Waals surface area contributed by atoms with Crippen molar-refractivity contribution in [2.75, 3.05) is 4.90 Å². The SMILES string of the molecule is Cc1cc2c3c(c1)C(C)CC1(CCCCC1)N3C(=O)CC2. The van der Waals surface area contributed by atoms with Gasteiger partial charge in [0.25, 0.3) is 0 Å². The normalized spacial score (nSPS) is 26.9. The van der Waals surface area contributed by atoms with Gasteiger partial charge in [-0.2, -0.15) is 0 Å². The van der Waals surface area contributed by atoms with Gasteiger partial charge in [-0.15, -0.1) is 0 Å². The number of fused-ring (bicyclic) bond motifs is 1. The number of carbonyl (C=O) groups excluding carboxylic acids is 1. The summed E-state index contributed by atoms with van der Waals surface area (Å²) in [5, 5.41) is 0. The quantitative estimate of drug-likeness (QED) is 0.687. The number of hydrogen-bond acceptors (Lipinski definition) is 1. The smallest absolute Gasteiger partial charge is 0.227 e. The molecule has 2 heteroatoms. The maximum atomic E-state index is 12.8. The van der Waals surface area contributed by atoms with Gasteiger partial charge in [-0.3, -0.25) is 4.79 Å². The second kappa shape index (κ2) is 4.59. The fraction of sp³-hybridized carbons (Fsp3) is 0.632. The molecule has 1 atom stereocenters. The van der Waals surface area contributed by atoms with Gasteiger partial charge in [-0.1, -0.05) is 43.9 Å². The van der Waals surface area contributed by atoms with Crippen molar-refractivity contribution < 1.29 is 4.79 Å². The third-order valence-electron chi connectivity index (χ3n) is 5.92. The molecule has 0 radical (unpaired) electrons. The first-order valence-electron chi connectivity index (χ1n) is 8.57. The Morgan fingerprint density at radius 1 is 1.14 bits per heavy atom. The van der Waals surface area contributed by atoms with Crippen molar-refractivity contribution in [3.63, 3.8) is 0 Å². The van der Waals surface area contributed by atoms with Crippen LogP contribution >= 0.6 is 0 Å².